The number of amides is 2. The highest BCUT2D eigenvalue weighted by molar-refractivity contribution is 7.98. The third-order valence-electron chi connectivity index (χ3n) is 7.56. The van der Waals surface area contributed by atoms with Crippen molar-refractivity contribution in [3.8, 4) is 5.75 Å². The molecule has 0 aliphatic carbocycles. The van der Waals surface area contributed by atoms with E-state index in [0.29, 0.717) is 18.0 Å². The molecule has 46 heavy (non-hydrogen) atoms. The molecule has 10 heteroatoms. The Hall–Kier alpha value is -4.28. The number of ether oxygens (including phenoxy) is 1. The number of nitrogens with zero attached hydrogens (tertiary/aromatic N) is 2. The molecule has 1 atom stereocenters. The van der Waals surface area contributed by atoms with Crippen LogP contribution in [0.5, 0.6) is 5.75 Å². The second-order valence-electron chi connectivity index (χ2n) is 10.9. The largest absolute Gasteiger partial charge is 0.497 e. The van der Waals surface area contributed by atoms with Crippen molar-refractivity contribution in [3.05, 3.63) is 120 Å². The van der Waals surface area contributed by atoms with Gasteiger partial charge in [0.1, 0.15) is 18.3 Å². The van der Waals surface area contributed by atoms with Gasteiger partial charge < -0.3 is 15.0 Å². The topological polar surface area (TPSA) is 96.0 Å². The van der Waals surface area contributed by atoms with E-state index >= 15 is 0 Å². The van der Waals surface area contributed by atoms with Crippen molar-refractivity contribution in [2.75, 3.05) is 30.8 Å². The molecule has 4 rings (SSSR count). The smallest absolute Gasteiger partial charge is 0.264 e. The van der Waals surface area contributed by atoms with Gasteiger partial charge in [-0.1, -0.05) is 67.1 Å². The molecule has 4 aromatic carbocycles. The number of benzene rings is 4. The first-order valence-electron chi connectivity index (χ1n) is 15.1. The Morgan fingerprint density at radius 2 is 1.57 bits per heavy atom. The van der Waals surface area contributed by atoms with E-state index in [-0.39, 0.29) is 23.8 Å². The van der Waals surface area contributed by atoms with E-state index < -0.39 is 28.5 Å². The Balaban J connectivity index is 1.80. The van der Waals surface area contributed by atoms with Crippen LogP contribution in [0.1, 0.15) is 30.0 Å². The molecule has 0 aliphatic rings. The SMILES string of the molecule is CCCNC(=O)[C@H](Cc1ccccc1)N(Cc1cccc(OC)c1)C(=O)CN(c1ccc(C)cc1)S(=O)(=O)c1ccc(SC)cc1. The van der Waals surface area contributed by atoms with Gasteiger partial charge in [0, 0.05) is 24.4 Å². The minimum atomic E-state index is -4.17. The molecular weight excluding hydrogens is 619 g/mol. The van der Waals surface area contributed by atoms with Crippen LogP contribution in [0.2, 0.25) is 0 Å². The number of hydrogen-bond acceptors (Lipinski definition) is 6. The Kier molecular flexibility index (Phi) is 12.3. The highest BCUT2D eigenvalue weighted by Gasteiger charge is 2.34. The summed E-state index contributed by atoms with van der Waals surface area (Å²) < 4.78 is 35.0. The number of rotatable bonds is 15. The fourth-order valence-corrected chi connectivity index (χ4v) is 6.82. The summed E-state index contributed by atoms with van der Waals surface area (Å²) >= 11 is 1.51. The number of thioether (sulfide) groups is 1. The first-order valence-corrected chi connectivity index (χ1v) is 17.8. The molecule has 8 nitrogen and oxygen atoms in total. The molecule has 0 aromatic heterocycles. The van der Waals surface area contributed by atoms with E-state index in [9.17, 15) is 18.0 Å². The summed E-state index contributed by atoms with van der Waals surface area (Å²) in [4.78, 5) is 30.8. The summed E-state index contributed by atoms with van der Waals surface area (Å²) in [5.41, 5.74) is 2.92. The molecule has 242 valence electrons. The van der Waals surface area contributed by atoms with Crippen LogP contribution in [0.25, 0.3) is 0 Å². The number of nitrogens with one attached hydrogen (secondary N) is 1. The molecule has 0 aliphatic heterocycles. The van der Waals surface area contributed by atoms with Gasteiger partial charge in [0.25, 0.3) is 10.0 Å². The van der Waals surface area contributed by atoms with Crippen LogP contribution in [0, 0.1) is 6.92 Å². The third kappa shape index (κ3) is 8.92. The number of hydrogen-bond donors (Lipinski definition) is 1. The minimum absolute atomic E-state index is 0.0668. The van der Waals surface area contributed by atoms with Gasteiger partial charge in [-0.2, -0.15) is 0 Å². The second-order valence-corrected chi connectivity index (χ2v) is 13.6. The highest BCUT2D eigenvalue weighted by atomic mass is 32.2. The summed E-state index contributed by atoms with van der Waals surface area (Å²) in [7, 11) is -2.60. The lowest BCUT2D eigenvalue weighted by Crippen LogP contribution is -2.53. The van der Waals surface area contributed by atoms with E-state index in [2.05, 4.69) is 5.32 Å². The van der Waals surface area contributed by atoms with Crippen molar-refractivity contribution in [2.45, 2.75) is 49.1 Å². The first-order chi connectivity index (χ1) is 22.2. The normalized spacial score (nSPS) is 11.8. The standard InChI is InChI=1S/C36H41N3O5S2/c1-5-22-37-36(41)34(24-28-10-7-6-8-11-28)38(25-29-12-9-13-31(23-29)44-3)35(40)26-39(30-16-14-27(2)15-17-30)46(42,43)33-20-18-32(45-4)19-21-33/h6-21,23,34H,5,22,24-26H2,1-4H3,(H,37,41)/t34-/m0/s1. The fraction of sp³-hybridized carbons (Fsp3) is 0.278. The summed E-state index contributed by atoms with van der Waals surface area (Å²) in [5, 5.41) is 2.96. The van der Waals surface area contributed by atoms with Gasteiger partial charge in [0.15, 0.2) is 0 Å². The summed E-state index contributed by atoms with van der Waals surface area (Å²) in [5.74, 6) is -0.211. The summed E-state index contributed by atoms with van der Waals surface area (Å²) in [6.45, 7) is 3.88. The van der Waals surface area contributed by atoms with Crippen molar-refractivity contribution in [3.63, 3.8) is 0 Å². The quantitative estimate of drug-likeness (QED) is 0.155. The van der Waals surface area contributed by atoms with Crippen LogP contribution in [-0.2, 0) is 32.6 Å². The number of sulfonamides is 1. The van der Waals surface area contributed by atoms with Crippen LogP contribution in [0.4, 0.5) is 5.69 Å². The van der Waals surface area contributed by atoms with Gasteiger partial charge in [-0.05, 0) is 79.3 Å². The van der Waals surface area contributed by atoms with Gasteiger partial charge in [0.05, 0.1) is 17.7 Å². The van der Waals surface area contributed by atoms with Crippen molar-refractivity contribution in [1.82, 2.24) is 10.2 Å². The second kappa shape index (κ2) is 16.3. The van der Waals surface area contributed by atoms with E-state index in [1.54, 1.807) is 49.6 Å². The molecule has 0 saturated heterocycles. The number of methoxy groups -OCH3 is 1. The van der Waals surface area contributed by atoms with Gasteiger partial charge in [-0.25, -0.2) is 8.42 Å². The molecule has 2 amide bonds. The highest BCUT2D eigenvalue weighted by Crippen LogP contribution is 2.27. The van der Waals surface area contributed by atoms with Crippen LogP contribution in [0.3, 0.4) is 0 Å². The molecule has 0 radical (unpaired) electrons. The Labute approximate surface area is 276 Å². The van der Waals surface area contributed by atoms with Crippen molar-refractivity contribution in [2.24, 2.45) is 0 Å². The van der Waals surface area contributed by atoms with E-state index in [1.165, 1.54) is 16.7 Å². The van der Waals surface area contributed by atoms with Crippen LogP contribution < -0.4 is 14.4 Å². The van der Waals surface area contributed by atoms with Gasteiger partial charge in [-0.3, -0.25) is 13.9 Å². The maximum atomic E-state index is 14.5. The van der Waals surface area contributed by atoms with Crippen LogP contribution in [0.15, 0.2) is 113 Å². The van der Waals surface area contributed by atoms with Crippen LogP contribution >= 0.6 is 11.8 Å². The van der Waals surface area contributed by atoms with Gasteiger partial charge in [-0.15, -0.1) is 11.8 Å². The van der Waals surface area contributed by atoms with E-state index in [1.807, 2.05) is 80.8 Å². The molecule has 0 bridgehead atoms. The lowest BCUT2D eigenvalue weighted by Gasteiger charge is -2.34. The minimum Gasteiger partial charge on any atom is -0.497 e. The predicted molar refractivity (Wildman–Crippen MR) is 185 cm³/mol. The average molecular weight is 660 g/mol. The number of carbonyl (C=O) groups is 2. The van der Waals surface area contributed by atoms with Crippen molar-refractivity contribution >= 4 is 39.3 Å². The fourth-order valence-electron chi connectivity index (χ4n) is 5.00. The molecule has 0 heterocycles. The van der Waals surface area contributed by atoms with Gasteiger partial charge in [0.2, 0.25) is 11.8 Å². The first kappa shape index (κ1) is 34.6. The van der Waals surface area contributed by atoms with Crippen molar-refractivity contribution < 1.29 is 22.7 Å². The summed E-state index contributed by atoms with van der Waals surface area (Å²) in [6, 6.07) is 29.5. The van der Waals surface area contributed by atoms with Crippen LogP contribution in [-0.4, -0.2) is 57.6 Å². The molecule has 4 aromatic rings. The lowest BCUT2D eigenvalue weighted by molar-refractivity contribution is -0.140. The number of carbonyl (C=O) groups excluding carboxylic acids is 2. The molecule has 0 fully saturated rings. The Morgan fingerprint density at radius 3 is 2.20 bits per heavy atom. The maximum absolute atomic E-state index is 14.5. The molecule has 0 unspecified atom stereocenters. The monoisotopic (exact) mass is 659 g/mol. The maximum Gasteiger partial charge on any atom is 0.264 e. The Morgan fingerprint density at radius 1 is 0.891 bits per heavy atom. The lowest BCUT2D eigenvalue weighted by atomic mass is 10.0. The molecule has 1 N–H and O–H groups in total. The summed E-state index contributed by atoms with van der Waals surface area (Å²) in [6.07, 6.45) is 2.89. The number of aryl methyl sites for hydroxylation is 1. The van der Waals surface area contributed by atoms with E-state index in [4.69, 9.17) is 4.74 Å². The number of anilines is 1. The molecular formula is C36H41N3O5S2. The Bertz CT molecular complexity index is 1700. The average Bonchev–Trinajstić information content (AvgIpc) is 3.08. The van der Waals surface area contributed by atoms with Gasteiger partial charge >= 0.3 is 0 Å². The zero-order chi connectivity index (χ0) is 33.1. The third-order valence-corrected chi connectivity index (χ3v) is 10.1. The van der Waals surface area contributed by atoms with E-state index in [0.717, 1.165) is 32.3 Å². The molecule has 0 saturated carbocycles. The zero-order valence-corrected chi connectivity index (χ0v) is 28.3. The zero-order valence-electron chi connectivity index (χ0n) is 26.7. The molecule has 0 spiro atoms. The van der Waals surface area contributed by atoms with Crippen molar-refractivity contribution in [1.29, 1.82) is 0 Å². The predicted octanol–water partition coefficient (Wildman–Crippen LogP) is 6.09.